The Bertz CT molecular complexity index is 982. The highest BCUT2D eigenvalue weighted by atomic mass is 32.2. The molecule has 0 unspecified atom stereocenters. The molecule has 0 saturated carbocycles. The smallest absolute Gasteiger partial charge is 0.244 e. The number of benzene rings is 1. The van der Waals surface area contributed by atoms with E-state index in [0.717, 1.165) is 16.9 Å². The van der Waals surface area contributed by atoms with Crippen LogP contribution in [0.15, 0.2) is 47.6 Å². The van der Waals surface area contributed by atoms with Gasteiger partial charge in [-0.25, -0.2) is 22.6 Å². The molecule has 1 aromatic carbocycles. The Morgan fingerprint density at radius 1 is 1.28 bits per heavy atom. The van der Waals surface area contributed by atoms with E-state index >= 15 is 0 Å². The van der Waals surface area contributed by atoms with E-state index in [1.165, 1.54) is 13.2 Å². The number of ether oxygens (including phenoxy) is 1. The van der Waals surface area contributed by atoms with Crippen molar-refractivity contribution in [1.29, 1.82) is 0 Å². The number of hydrogen-bond acceptors (Lipinski definition) is 5. The van der Waals surface area contributed by atoms with Crippen molar-refractivity contribution in [3.05, 3.63) is 54.0 Å². The quantitative estimate of drug-likeness (QED) is 0.651. The minimum atomic E-state index is -3.60. The lowest BCUT2D eigenvalue weighted by molar-refractivity contribution is 0.402. The van der Waals surface area contributed by atoms with Gasteiger partial charge in [0.25, 0.3) is 0 Å². The van der Waals surface area contributed by atoms with Crippen LogP contribution in [0.2, 0.25) is 0 Å². The molecule has 0 aliphatic heterocycles. The molecule has 3 aromatic rings. The summed E-state index contributed by atoms with van der Waals surface area (Å²) >= 11 is 0. The van der Waals surface area contributed by atoms with Crippen LogP contribution in [0.25, 0.3) is 5.65 Å². The van der Waals surface area contributed by atoms with E-state index < -0.39 is 10.0 Å². The number of nitrogens with zero attached hydrogens (tertiary/aromatic N) is 3. The number of para-hydroxylation sites is 1. The van der Waals surface area contributed by atoms with Gasteiger partial charge in [0.05, 0.1) is 12.8 Å². The molecular formula is C17H20N4O3S. The molecule has 3 rings (SSSR count). The van der Waals surface area contributed by atoms with Gasteiger partial charge in [-0.1, -0.05) is 12.1 Å². The normalized spacial score (nSPS) is 11.8. The third-order valence-corrected chi connectivity index (χ3v) is 5.28. The number of fused-ring (bicyclic) bond motifs is 1. The topological polar surface area (TPSA) is 85.6 Å². The minimum absolute atomic E-state index is 0.146. The molecule has 0 aliphatic carbocycles. The summed E-state index contributed by atoms with van der Waals surface area (Å²) in [4.78, 5) is 4.49. The lowest BCUT2D eigenvalue weighted by atomic mass is 10.2. The summed E-state index contributed by atoms with van der Waals surface area (Å²) in [5.74, 6) is 0.332. The number of nitrogens with one attached hydrogen (secondary N) is 1. The third kappa shape index (κ3) is 3.97. The van der Waals surface area contributed by atoms with E-state index in [1.807, 2.05) is 19.2 Å². The molecule has 0 radical (unpaired) electrons. The van der Waals surface area contributed by atoms with E-state index in [9.17, 15) is 8.42 Å². The number of sulfonamides is 1. The zero-order valence-electron chi connectivity index (χ0n) is 14.1. The first-order chi connectivity index (χ1) is 12.0. The van der Waals surface area contributed by atoms with Crippen LogP contribution in [0.1, 0.15) is 17.7 Å². The van der Waals surface area contributed by atoms with Crippen LogP contribution in [0.4, 0.5) is 0 Å². The zero-order chi connectivity index (χ0) is 17.9. The molecule has 0 bridgehead atoms. The molecule has 0 amide bonds. The molecule has 0 fully saturated rings. The van der Waals surface area contributed by atoms with Crippen molar-refractivity contribution in [1.82, 2.24) is 19.3 Å². The van der Waals surface area contributed by atoms with Crippen molar-refractivity contribution in [2.45, 2.75) is 24.7 Å². The van der Waals surface area contributed by atoms with E-state index in [0.29, 0.717) is 25.1 Å². The molecular weight excluding hydrogens is 340 g/mol. The van der Waals surface area contributed by atoms with E-state index in [1.54, 1.807) is 28.9 Å². The van der Waals surface area contributed by atoms with Crippen LogP contribution in [0.3, 0.4) is 0 Å². The average molecular weight is 360 g/mol. The maximum absolute atomic E-state index is 12.4. The van der Waals surface area contributed by atoms with Crippen molar-refractivity contribution in [2.24, 2.45) is 0 Å². The molecule has 8 heteroatoms. The van der Waals surface area contributed by atoms with Gasteiger partial charge in [0, 0.05) is 25.0 Å². The van der Waals surface area contributed by atoms with E-state index in [2.05, 4.69) is 14.8 Å². The van der Waals surface area contributed by atoms with E-state index in [-0.39, 0.29) is 4.90 Å². The fraction of sp³-hybridized carbons (Fsp3) is 0.294. The Hall–Kier alpha value is -2.45. The van der Waals surface area contributed by atoms with Gasteiger partial charge in [0.15, 0.2) is 5.65 Å². The van der Waals surface area contributed by atoms with Gasteiger partial charge in [-0.2, -0.15) is 5.10 Å². The second-order valence-electron chi connectivity index (χ2n) is 5.70. The number of aryl methyl sites for hydroxylation is 2. The van der Waals surface area contributed by atoms with Crippen LogP contribution < -0.4 is 9.46 Å². The van der Waals surface area contributed by atoms with Crippen LogP contribution in [0.5, 0.6) is 5.75 Å². The second-order valence-corrected chi connectivity index (χ2v) is 7.44. The average Bonchev–Trinajstić information content (AvgIpc) is 2.98. The van der Waals surface area contributed by atoms with E-state index in [4.69, 9.17) is 4.74 Å². The van der Waals surface area contributed by atoms with Gasteiger partial charge in [-0.05, 0) is 37.5 Å². The third-order valence-electron chi connectivity index (χ3n) is 3.78. The molecule has 0 saturated heterocycles. The summed E-state index contributed by atoms with van der Waals surface area (Å²) in [5, 5.41) is 4.33. The van der Waals surface area contributed by atoms with Crippen LogP contribution in [-0.2, 0) is 16.4 Å². The molecule has 25 heavy (non-hydrogen) atoms. The van der Waals surface area contributed by atoms with Gasteiger partial charge < -0.3 is 4.74 Å². The molecule has 1 N–H and O–H groups in total. The Kier molecular flexibility index (Phi) is 5.00. The fourth-order valence-corrected chi connectivity index (χ4v) is 3.82. The summed E-state index contributed by atoms with van der Waals surface area (Å²) in [5.41, 5.74) is 2.72. The number of aromatic nitrogens is 3. The SMILES string of the molecule is COc1ccccc1S(=O)(=O)NCCCc1cnc2cc(C)nn2c1. The summed E-state index contributed by atoms with van der Waals surface area (Å²) in [6.07, 6.45) is 5.08. The maximum Gasteiger partial charge on any atom is 0.244 e. The second kappa shape index (κ2) is 7.20. The minimum Gasteiger partial charge on any atom is -0.495 e. The molecule has 0 aliphatic rings. The van der Waals surface area contributed by atoms with Crippen molar-refractivity contribution >= 4 is 15.7 Å². The molecule has 132 valence electrons. The summed E-state index contributed by atoms with van der Waals surface area (Å²) in [7, 11) is -2.14. The van der Waals surface area contributed by atoms with Crippen LogP contribution in [-0.4, -0.2) is 36.7 Å². The first-order valence-corrected chi connectivity index (χ1v) is 9.41. The van der Waals surface area contributed by atoms with Crippen molar-refractivity contribution in [3.63, 3.8) is 0 Å². The first kappa shape index (κ1) is 17.4. The van der Waals surface area contributed by atoms with Crippen LogP contribution in [0, 0.1) is 6.92 Å². The molecule has 0 spiro atoms. The number of hydrogen-bond donors (Lipinski definition) is 1. The summed E-state index contributed by atoms with van der Waals surface area (Å²) in [6, 6.07) is 8.47. The number of methoxy groups -OCH3 is 1. The number of rotatable bonds is 7. The van der Waals surface area contributed by atoms with Crippen molar-refractivity contribution < 1.29 is 13.2 Å². The zero-order valence-corrected chi connectivity index (χ0v) is 15.0. The Morgan fingerprint density at radius 3 is 2.88 bits per heavy atom. The molecule has 0 atom stereocenters. The highest BCUT2D eigenvalue weighted by molar-refractivity contribution is 7.89. The van der Waals surface area contributed by atoms with Crippen molar-refractivity contribution in [3.8, 4) is 5.75 Å². The summed E-state index contributed by atoms with van der Waals surface area (Å²) < 4.78 is 34.2. The van der Waals surface area contributed by atoms with Gasteiger partial charge in [-0.3, -0.25) is 0 Å². The lowest BCUT2D eigenvalue weighted by Crippen LogP contribution is -2.25. The Morgan fingerprint density at radius 2 is 2.08 bits per heavy atom. The predicted octanol–water partition coefficient (Wildman–Crippen LogP) is 1.96. The molecule has 2 heterocycles. The van der Waals surface area contributed by atoms with Gasteiger partial charge in [0.1, 0.15) is 10.6 Å². The largest absolute Gasteiger partial charge is 0.495 e. The van der Waals surface area contributed by atoms with Crippen molar-refractivity contribution in [2.75, 3.05) is 13.7 Å². The summed E-state index contributed by atoms with van der Waals surface area (Å²) in [6.45, 7) is 2.25. The highest BCUT2D eigenvalue weighted by Gasteiger charge is 2.18. The van der Waals surface area contributed by atoms with Crippen LogP contribution >= 0.6 is 0 Å². The van der Waals surface area contributed by atoms with Gasteiger partial charge >= 0.3 is 0 Å². The highest BCUT2D eigenvalue weighted by Crippen LogP contribution is 2.22. The van der Waals surface area contributed by atoms with Gasteiger partial charge in [-0.15, -0.1) is 0 Å². The maximum atomic E-state index is 12.4. The predicted molar refractivity (Wildman–Crippen MR) is 94.2 cm³/mol. The Balaban J connectivity index is 1.60. The monoisotopic (exact) mass is 360 g/mol. The molecule has 2 aromatic heterocycles. The standard InChI is InChI=1S/C17H20N4O3S/c1-13-10-17-18-11-14(12-21(17)20-13)6-5-9-19-25(22,23)16-8-4-3-7-15(16)24-2/h3-4,7-8,10-12,19H,5-6,9H2,1-2H3. The fourth-order valence-electron chi connectivity index (χ4n) is 2.58. The Labute approximate surface area is 146 Å². The lowest BCUT2D eigenvalue weighted by Gasteiger charge is -2.10. The molecule has 7 nitrogen and oxygen atoms in total. The first-order valence-electron chi connectivity index (χ1n) is 7.93. The van der Waals surface area contributed by atoms with Gasteiger partial charge in [0.2, 0.25) is 10.0 Å².